The van der Waals surface area contributed by atoms with Crippen LogP contribution in [0.3, 0.4) is 0 Å². The lowest BCUT2D eigenvalue weighted by atomic mass is 10.0. The van der Waals surface area contributed by atoms with Crippen LogP contribution in [0.25, 0.3) is 0 Å². The number of hydrogen-bond acceptors (Lipinski definition) is 3. The number of sulfonamides is 1. The van der Waals surface area contributed by atoms with E-state index in [2.05, 4.69) is 23.9 Å². The molecule has 1 aromatic rings. The quantitative estimate of drug-likeness (QED) is 0.652. The summed E-state index contributed by atoms with van der Waals surface area (Å²) in [4.78, 5) is 0.354. The number of rotatable bonds is 10. The molecular formula is C16H28N2O2S. The summed E-state index contributed by atoms with van der Waals surface area (Å²) < 4.78 is 27.2. The van der Waals surface area contributed by atoms with Gasteiger partial charge in [-0.1, -0.05) is 39.3 Å². The smallest absolute Gasteiger partial charge is 0.240 e. The molecule has 1 aromatic carbocycles. The maximum atomic E-state index is 12.3. The van der Waals surface area contributed by atoms with Gasteiger partial charge in [0.05, 0.1) is 4.90 Å². The lowest BCUT2D eigenvalue weighted by molar-refractivity contribution is 0.517. The number of unbranched alkanes of at least 4 members (excludes halogenated alkanes) is 1. The molecule has 0 amide bonds. The highest BCUT2D eigenvalue weighted by molar-refractivity contribution is 7.89. The monoisotopic (exact) mass is 312 g/mol. The van der Waals surface area contributed by atoms with Gasteiger partial charge in [-0.05, 0) is 43.5 Å². The molecule has 0 fully saturated rings. The Hall–Kier alpha value is -0.910. The maximum absolute atomic E-state index is 12.3. The SMILES string of the molecule is CCCCNS(=O)(=O)c1cccc(C(CC)NCCC)c1. The molecule has 0 aromatic heterocycles. The molecule has 120 valence electrons. The Bertz CT molecular complexity index is 515. The van der Waals surface area contributed by atoms with Gasteiger partial charge >= 0.3 is 0 Å². The Balaban J connectivity index is 2.88. The molecule has 1 unspecified atom stereocenters. The summed E-state index contributed by atoms with van der Waals surface area (Å²) in [5, 5.41) is 3.45. The normalized spacial score (nSPS) is 13.3. The average Bonchev–Trinajstić information content (AvgIpc) is 2.48. The minimum Gasteiger partial charge on any atom is -0.310 e. The molecule has 0 aliphatic rings. The molecule has 0 heterocycles. The van der Waals surface area contributed by atoms with Gasteiger partial charge < -0.3 is 5.32 Å². The highest BCUT2D eigenvalue weighted by Gasteiger charge is 2.16. The van der Waals surface area contributed by atoms with Crippen LogP contribution >= 0.6 is 0 Å². The van der Waals surface area contributed by atoms with Crippen molar-refractivity contribution in [3.05, 3.63) is 29.8 Å². The molecule has 1 rings (SSSR count). The third-order valence-electron chi connectivity index (χ3n) is 3.44. The summed E-state index contributed by atoms with van der Waals surface area (Å²) in [6.45, 7) is 7.70. The largest absolute Gasteiger partial charge is 0.310 e. The van der Waals surface area contributed by atoms with Crippen LogP contribution in [0, 0.1) is 0 Å². The van der Waals surface area contributed by atoms with Crippen molar-refractivity contribution in [3.63, 3.8) is 0 Å². The van der Waals surface area contributed by atoms with Gasteiger partial charge in [-0.3, -0.25) is 0 Å². The predicted octanol–water partition coefficient (Wildman–Crippen LogP) is 3.22. The van der Waals surface area contributed by atoms with Crippen molar-refractivity contribution in [2.75, 3.05) is 13.1 Å². The zero-order valence-electron chi connectivity index (χ0n) is 13.4. The van der Waals surface area contributed by atoms with Gasteiger partial charge in [0.1, 0.15) is 0 Å². The summed E-state index contributed by atoms with van der Waals surface area (Å²) in [5.74, 6) is 0. The van der Waals surface area contributed by atoms with E-state index in [-0.39, 0.29) is 6.04 Å². The Kier molecular flexibility index (Phi) is 7.93. The summed E-state index contributed by atoms with van der Waals surface area (Å²) in [7, 11) is -3.40. The molecule has 0 radical (unpaired) electrons. The summed E-state index contributed by atoms with van der Waals surface area (Å²) in [6.07, 6.45) is 3.83. The van der Waals surface area contributed by atoms with Gasteiger partial charge in [-0.15, -0.1) is 0 Å². The Labute approximate surface area is 129 Å². The van der Waals surface area contributed by atoms with Crippen molar-refractivity contribution < 1.29 is 8.42 Å². The molecule has 0 aliphatic heterocycles. The van der Waals surface area contributed by atoms with Crippen LogP contribution < -0.4 is 10.0 Å². The molecular weight excluding hydrogens is 284 g/mol. The molecule has 21 heavy (non-hydrogen) atoms. The number of benzene rings is 1. The van der Waals surface area contributed by atoms with E-state index in [9.17, 15) is 8.42 Å². The summed E-state index contributed by atoms with van der Waals surface area (Å²) >= 11 is 0. The second-order valence-corrected chi connectivity index (χ2v) is 7.01. The zero-order chi connectivity index (χ0) is 15.7. The fourth-order valence-electron chi connectivity index (χ4n) is 2.18. The molecule has 2 N–H and O–H groups in total. The Morgan fingerprint density at radius 3 is 2.48 bits per heavy atom. The molecule has 1 atom stereocenters. The van der Waals surface area contributed by atoms with E-state index in [1.807, 2.05) is 19.1 Å². The third-order valence-corrected chi connectivity index (χ3v) is 4.90. The van der Waals surface area contributed by atoms with E-state index in [0.717, 1.165) is 37.8 Å². The first-order valence-corrected chi connectivity index (χ1v) is 9.36. The van der Waals surface area contributed by atoms with E-state index in [1.54, 1.807) is 12.1 Å². The topological polar surface area (TPSA) is 58.2 Å². The van der Waals surface area contributed by atoms with Crippen LogP contribution in [0.1, 0.15) is 58.1 Å². The van der Waals surface area contributed by atoms with Crippen LogP contribution in [-0.2, 0) is 10.0 Å². The zero-order valence-corrected chi connectivity index (χ0v) is 14.2. The fraction of sp³-hybridized carbons (Fsp3) is 0.625. The van der Waals surface area contributed by atoms with Crippen molar-refractivity contribution in [1.82, 2.24) is 10.0 Å². The molecule has 0 saturated heterocycles. The predicted molar refractivity (Wildman–Crippen MR) is 87.9 cm³/mol. The van der Waals surface area contributed by atoms with E-state index >= 15 is 0 Å². The van der Waals surface area contributed by atoms with Gasteiger partial charge in [0, 0.05) is 12.6 Å². The molecule has 0 saturated carbocycles. The fourth-order valence-corrected chi connectivity index (χ4v) is 3.31. The number of hydrogen-bond donors (Lipinski definition) is 2. The lowest BCUT2D eigenvalue weighted by Crippen LogP contribution is -2.25. The molecule has 4 nitrogen and oxygen atoms in total. The average molecular weight is 312 g/mol. The van der Waals surface area contributed by atoms with Crippen LogP contribution in [-0.4, -0.2) is 21.5 Å². The van der Waals surface area contributed by atoms with Gasteiger partial charge in [-0.25, -0.2) is 13.1 Å². The van der Waals surface area contributed by atoms with Crippen molar-refractivity contribution >= 4 is 10.0 Å². The standard InChI is InChI=1S/C16H28N2O2S/c1-4-7-12-18-21(19,20)15-10-8-9-14(13-15)16(6-3)17-11-5-2/h8-10,13,16-18H,4-7,11-12H2,1-3H3. The molecule has 0 spiro atoms. The Morgan fingerprint density at radius 2 is 1.86 bits per heavy atom. The maximum Gasteiger partial charge on any atom is 0.240 e. The highest BCUT2D eigenvalue weighted by atomic mass is 32.2. The van der Waals surface area contributed by atoms with Crippen molar-refractivity contribution in [3.8, 4) is 0 Å². The van der Waals surface area contributed by atoms with E-state index in [4.69, 9.17) is 0 Å². The van der Waals surface area contributed by atoms with Gasteiger partial charge in [0.15, 0.2) is 0 Å². The summed E-state index contributed by atoms with van der Waals surface area (Å²) in [6, 6.07) is 7.45. The second kappa shape index (κ2) is 9.18. The van der Waals surface area contributed by atoms with Crippen molar-refractivity contribution in [1.29, 1.82) is 0 Å². The van der Waals surface area contributed by atoms with E-state index < -0.39 is 10.0 Å². The molecule has 0 aliphatic carbocycles. The first kappa shape index (κ1) is 18.1. The Morgan fingerprint density at radius 1 is 1.10 bits per heavy atom. The summed E-state index contributed by atoms with van der Waals surface area (Å²) in [5.41, 5.74) is 1.03. The third kappa shape index (κ3) is 5.77. The minimum absolute atomic E-state index is 0.204. The van der Waals surface area contributed by atoms with E-state index in [1.165, 1.54) is 0 Å². The van der Waals surface area contributed by atoms with Crippen molar-refractivity contribution in [2.24, 2.45) is 0 Å². The first-order valence-electron chi connectivity index (χ1n) is 7.88. The first-order chi connectivity index (χ1) is 10.0. The lowest BCUT2D eigenvalue weighted by Gasteiger charge is -2.18. The second-order valence-electron chi connectivity index (χ2n) is 5.24. The van der Waals surface area contributed by atoms with E-state index in [0.29, 0.717) is 11.4 Å². The van der Waals surface area contributed by atoms with Crippen LogP contribution in [0.5, 0.6) is 0 Å². The van der Waals surface area contributed by atoms with Gasteiger partial charge in [0.25, 0.3) is 0 Å². The minimum atomic E-state index is -3.40. The molecule has 0 bridgehead atoms. The van der Waals surface area contributed by atoms with Crippen molar-refractivity contribution in [2.45, 2.75) is 57.4 Å². The van der Waals surface area contributed by atoms with Crippen LogP contribution in [0.15, 0.2) is 29.2 Å². The number of nitrogens with one attached hydrogen (secondary N) is 2. The van der Waals surface area contributed by atoms with Crippen LogP contribution in [0.2, 0.25) is 0 Å². The van der Waals surface area contributed by atoms with Crippen LogP contribution in [0.4, 0.5) is 0 Å². The van der Waals surface area contributed by atoms with Gasteiger partial charge in [-0.2, -0.15) is 0 Å². The highest BCUT2D eigenvalue weighted by Crippen LogP contribution is 2.20. The molecule has 5 heteroatoms. The van der Waals surface area contributed by atoms with Gasteiger partial charge in [0.2, 0.25) is 10.0 Å².